The zero-order chi connectivity index (χ0) is 21.6. The van der Waals surface area contributed by atoms with Gasteiger partial charge in [0.1, 0.15) is 17.3 Å². The minimum atomic E-state index is -4.10. The maximum absolute atomic E-state index is 12.7. The Kier molecular flexibility index (Phi) is 8.07. The number of hydrogen-bond donors (Lipinski definition) is 0. The maximum atomic E-state index is 12.7. The highest BCUT2D eigenvalue weighted by Crippen LogP contribution is 2.28. The smallest absolute Gasteiger partial charge is 0.340 e. The maximum Gasteiger partial charge on any atom is 0.340 e. The number of nitrogens with zero attached hydrogens (tertiary/aromatic N) is 1. The number of methoxy groups -OCH3 is 1. The van der Waals surface area contributed by atoms with Crippen molar-refractivity contribution in [3.05, 3.63) is 58.6 Å². The van der Waals surface area contributed by atoms with Crippen molar-refractivity contribution in [2.45, 2.75) is 44.7 Å². The topological polar surface area (TPSA) is 72.9 Å². The van der Waals surface area contributed by atoms with Crippen LogP contribution in [0.4, 0.5) is 0 Å². The highest BCUT2D eigenvalue weighted by molar-refractivity contribution is 7.87. The van der Waals surface area contributed by atoms with E-state index in [-0.39, 0.29) is 34.2 Å². The summed E-state index contributed by atoms with van der Waals surface area (Å²) in [6, 6.07) is 11.5. The van der Waals surface area contributed by atoms with Crippen LogP contribution >= 0.6 is 11.6 Å². The lowest BCUT2D eigenvalue weighted by Crippen LogP contribution is -2.39. The second-order valence-electron chi connectivity index (χ2n) is 6.78. The van der Waals surface area contributed by atoms with Gasteiger partial charge in [-0.15, -0.1) is 0 Å². The summed E-state index contributed by atoms with van der Waals surface area (Å²) in [4.78, 5) is 14.0. The molecular formula is C21H26ClNO5S. The van der Waals surface area contributed by atoms with Gasteiger partial charge in [-0.05, 0) is 49.6 Å². The van der Waals surface area contributed by atoms with Crippen molar-refractivity contribution in [1.82, 2.24) is 4.90 Å². The minimum absolute atomic E-state index is 0.0109. The first-order valence-electron chi connectivity index (χ1n) is 9.26. The summed E-state index contributed by atoms with van der Waals surface area (Å²) in [6.07, 6.45) is 0.784. The average molecular weight is 440 g/mol. The number of benzene rings is 2. The van der Waals surface area contributed by atoms with E-state index in [0.29, 0.717) is 12.1 Å². The predicted molar refractivity (Wildman–Crippen MR) is 113 cm³/mol. The van der Waals surface area contributed by atoms with Gasteiger partial charge in [-0.25, -0.2) is 0 Å². The fraction of sp³-hybridized carbons (Fsp3) is 0.381. The first kappa shape index (κ1) is 23.2. The lowest BCUT2D eigenvalue weighted by Gasteiger charge is -2.28. The van der Waals surface area contributed by atoms with Gasteiger partial charge in [-0.3, -0.25) is 4.79 Å². The molecule has 0 saturated heterocycles. The van der Waals surface area contributed by atoms with Crippen LogP contribution in [0.2, 0.25) is 5.02 Å². The second-order valence-corrected chi connectivity index (χ2v) is 8.67. The van der Waals surface area contributed by atoms with Gasteiger partial charge in [0.2, 0.25) is 5.91 Å². The van der Waals surface area contributed by atoms with Gasteiger partial charge in [-0.2, -0.15) is 8.42 Å². The first-order valence-corrected chi connectivity index (χ1v) is 11.0. The Balaban J connectivity index is 2.28. The van der Waals surface area contributed by atoms with Crippen molar-refractivity contribution in [1.29, 1.82) is 0 Å². The number of aryl methyl sites for hydroxylation is 1. The summed E-state index contributed by atoms with van der Waals surface area (Å²) in [5, 5.41) is 0.106. The molecule has 0 fully saturated rings. The molecule has 0 saturated carbocycles. The van der Waals surface area contributed by atoms with Crippen molar-refractivity contribution in [3.8, 4) is 5.75 Å². The Labute approximate surface area is 177 Å². The number of carbonyl (C=O) groups excluding carboxylic acids is 1. The summed E-state index contributed by atoms with van der Waals surface area (Å²) >= 11 is 6.08. The van der Waals surface area contributed by atoms with Gasteiger partial charge in [0.15, 0.2) is 0 Å². The normalized spacial score (nSPS) is 12.4. The highest BCUT2D eigenvalue weighted by atomic mass is 35.5. The molecule has 0 aliphatic heterocycles. The second kappa shape index (κ2) is 10.1. The molecule has 0 aliphatic carbocycles. The van der Waals surface area contributed by atoms with E-state index >= 15 is 0 Å². The number of rotatable bonds is 9. The van der Waals surface area contributed by atoms with Crippen LogP contribution in [0.3, 0.4) is 0 Å². The van der Waals surface area contributed by atoms with E-state index in [4.69, 9.17) is 20.5 Å². The van der Waals surface area contributed by atoms with E-state index in [1.807, 2.05) is 19.9 Å². The molecule has 0 N–H and O–H groups in total. The Morgan fingerprint density at radius 2 is 1.90 bits per heavy atom. The molecule has 0 aliphatic rings. The quantitative estimate of drug-likeness (QED) is 0.548. The number of halogens is 1. The molecule has 0 spiro atoms. The molecular weight excluding hydrogens is 414 g/mol. The molecule has 0 bridgehead atoms. The average Bonchev–Trinajstić information content (AvgIpc) is 2.65. The lowest BCUT2D eigenvalue weighted by atomic mass is 10.1. The van der Waals surface area contributed by atoms with Crippen LogP contribution in [0, 0.1) is 6.92 Å². The summed E-state index contributed by atoms with van der Waals surface area (Å²) < 4.78 is 35.8. The third-order valence-corrected chi connectivity index (χ3v) is 6.46. The third-order valence-electron chi connectivity index (χ3n) is 4.58. The number of amides is 1. The molecule has 8 heteroatoms. The third kappa shape index (κ3) is 5.95. The molecule has 2 aromatic carbocycles. The Bertz CT molecular complexity index is 941. The SMILES string of the molecule is CC[C@H](C)N(Cc1cccc(OS(=O)(=O)c2c(C)cccc2Cl)c1)C(=O)COC. The molecule has 0 heterocycles. The van der Waals surface area contributed by atoms with Crippen LogP contribution < -0.4 is 4.18 Å². The van der Waals surface area contributed by atoms with Gasteiger partial charge < -0.3 is 13.8 Å². The zero-order valence-electron chi connectivity index (χ0n) is 17.0. The fourth-order valence-electron chi connectivity index (χ4n) is 2.91. The number of ether oxygens (including phenoxy) is 1. The zero-order valence-corrected chi connectivity index (χ0v) is 18.6. The van der Waals surface area contributed by atoms with Crippen molar-refractivity contribution in [2.75, 3.05) is 13.7 Å². The first-order chi connectivity index (χ1) is 13.7. The summed E-state index contributed by atoms with van der Waals surface area (Å²) in [6.45, 7) is 5.92. The Hall–Kier alpha value is -2.09. The van der Waals surface area contributed by atoms with Crippen LogP contribution in [0.15, 0.2) is 47.4 Å². The minimum Gasteiger partial charge on any atom is -0.379 e. The monoisotopic (exact) mass is 439 g/mol. The van der Waals surface area contributed by atoms with Crippen LogP contribution in [-0.2, 0) is 26.2 Å². The lowest BCUT2D eigenvalue weighted by molar-refractivity contribution is -0.138. The molecule has 0 unspecified atom stereocenters. The van der Waals surface area contributed by atoms with Crippen molar-refractivity contribution >= 4 is 27.6 Å². The molecule has 29 heavy (non-hydrogen) atoms. The molecule has 0 radical (unpaired) electrons. The van der Waals surface area contributed by atoms with E-state index in [2.05, 4.69) is 0 Å². The van der Waals surface area contributed by atoms with Crippen LogP contribution in [-0.4, -0.2) is 39.0 Å². The standard InChI is InChI=1S/C21H26ClNO5S/c1-5-16(3)23(20(24)14-27-4)13-17-9-7-10-18(12-17)28-29(25,26)21-15(2)8-6-11-19(21)22/h6-12,16H,5,13-14H2,1-4H3/t16-/m0/s1. The van der Waals surface area contributed by atoms with Crippen LogP contribution in [0.1, 0.15) is 31.4 Å². The fourth-order valence-corrected chi connectivity index (χ4v) is 4.63. The van der Waals surface area contributed by atoms with Gasteiger partial charge in [0, 0.05) is 19.7 Å². The molecule has 158 valence electrons. The van der Waals surface area contributed by atoms with Gasteiger partial charge in [-0.1, -0.05) is 42.8 Å². The number of hydrogen-bond acceptors (Lipinski definition) is 5. The van der Waals surface area contributed by atoms with Gasteiger partial charge in [0.05, 0.1) is 5.02 Å². The molecule has 1 atom stereocenters. The number of carbonyl (C=O) groups is 1. The molecule has 2 rings (SSSR count). The summed E-state index contributed by atoms with van der Waals surface area (Å²) in [7, 11) is -2.62. The molecule has 6 nitrogen and oxygen atoms in total. The van der Waals surface area contributed by atoms with Gasteiger partial charge in [0.25, 0.3) is 0 Å². The summed E-state index contributed by atoms with van der Waals surface area (Å²) in [5.41, 5.74) is 1.25. The van der Waals surface area contributed by atoms with E-state index < -0.39 is 10.1 Å². The van der Waals surface area contributed by atoms with Crippen molar-refractivity contribution < 1.29 is 22.1 Å². The predicted octanol–water partition coefficient (Wildman–Crippen LogP) is 4.19. The largest absolute Gasteiger partial charge is 0.379 e. The van der Waals surface area contributed by atoms with Crippen LogP contribution in [0.5, 0.6) is 5.75 Å². The Morgan fingerprint density at radius 1 is 1.21 bits per heavy atom. The molecule has 1 amide bonds. The summed E-state index contributed by atoms with van der Waals surface area (Å²) in [5.74, 6) is 0.0256. The highest BCUT2D eigenvalue weighted by Gasteiger charge is 2.23. The van der Waals surface area contributed by atoms with E-state index in [9.17, 15) is 13.2 Å². The van der Waals surface area contributed by atoms with E-state index in [1.54, 1.807) is 42.2 Å². The molecule has 0 aromatic heterocycles. The van der Waals surface area contributed by atoms with E-state index in [1.165, 1.54) is 13.2 Å². The molecule has 2 aromatic rings. The van der Waals surface area contributed by atoms with E-state index in [0.717, 1.165) is 12.0 Å². The van der Waals surface area contributed by atoms with Crippen LogP contribution in [0.25, 0.3) is 0 Å². The van der Waals surface area contributed by atoms with Crippen molar-refractivity contribution in [2.24, 2.45) is 0 Å². The Morgan fingerprint density at radius 3 is 2.52 bits per heavy atom. The van der Waals surface area contributed by atoms with Crippen molar-refractivity contribution in [3.63, 3.8) is 0 Å². The van der Waals surface area contributed by atoms with Gasteiger partial charge >= 0.3 is 10.1 Å².